The normalized spacial score (nSPS) is 24.0. The summed E-state index contributed by atoms with van der Waals surface area (Å²) in [7, 11) is -3.45. The summed E-state index contributed by atoms with van der Waals surface area (Å²) >= 11 is 0.864. The van der Waals surface area contributed by atoms with Gasteiger partial charge in [0.2, 0.25) is 47.3 Å². The van der Waals surface area contributed by atoms with Gasteiger partial charge in [-0.1, -0.05) is 36.4 Å². The van der Waals surface area contributed by atoms with E-state index < -0.39 is 165 Å². The second-order valence-corrected chi connectivity index (χ2v) is 28.8. The molecule has 0 saturated carbocycles. The number of nitrogens with one attached hydrogen (secondary N) is 10. The fraction of sp³-hybridized carbons (Fsp3) is 0.343. The molecule has 3 unspecified atom stereocenters. The zero-order valence-electron chi connectivity index (χ0n) is 53.9. The van der Waals surface area contributed by atoms with E-state index in [2.05, 4.69) is 62.1 Å². The number of nitrogens with zero attached hydrogens (tertiary/aromatic N) is 3. The topological polar surface area (TPSA) is 432 Å². The predicted molar refractivity (Wildman–Crippen MR) is 363 cm³/mol. The molecule has 9 amide bonds. The number of nitrogens with two attached hydrogens (primary N) is 1. The molecule has 2 aliphatic rings. The maximum atomic E-state index is 15.2. The van der Waals surface area contributed by atoms with E-state index in [1.807, 2.05) is 0 Å². The van der Waals surface area contributed by atoms with Gasteiger partial charge in [0, 0.05) is 118 Å². The lowest BCUT2D eigenvalue weighted by Gasteiger charge is -2.37. The molecule has 4 bridgehead atoms. The lowest BCUT2D eigenvalue weighted by molar-refractivity contribution is -0.147. The number of hydrogen-bond acceptors (Lipinski definition) is 16. The van der Waals surface area contributed by atoms with Gasteiger partial charge in [-0.05, 0) is 103 Å². The molecule has 28 nitrogen and oxygen atoms in total. The summed E-state index contributed by atoms with van der Waals surface area (Å²) in [6, 6.07) is 8.90. The van der Waals surface area contributed by atoms with E-state index >= 15 is 19.2 Å². The Morgan fingerprint density at radius 1 is 0.690 bits per heavy atom. The van der Waals surface area contributed by atoms with E-state index in [0.717, 1.165) is 11.3 Å². The Hall–Kier alpha value is -10.5. The van der Waals surface area contributed by atoms with Crippen LogP contribution in [0.4, 0.5) is 8.78 Å². The molecular formula is C67H72F2N14O14S3. The first-order valence-electron chi connectivity index (χ1n) is 31.7. The molecule has 33 heteroatoms. The number of fused-ring (bicyclic) bond motifs is 7. The van der Waals surface area contributed by atoms with Gasteiger partial charge in [0.05, 0.1) is 36.4 Å². The molecule has 6 heterocycles. The average molecular weight is 1430 g/mol. The minimum atomic E-state index is -2.06. The third-order valence-corrected chi connectivity index (χ3v) is 21.1. The van der Waals surface area contributed by atoms with Gasteiger partial charge >= 0.3 is 5.97 Å². The summed E-state index contributed by atoms with van der Waals surface area (Å²) in [6.45, 7) is 2.99. The van der Waals surface area contributed by atoms with Crippen molar-refractivity contribution in [2.24, 2.45) is 5.73 Å². The number of hydrogen-bond donors (Lipinski definition) is 13. The van der Waals surface area contributed by atoms with Gasteiger partial charge in [-0.25, -0.2) is 18.7 Å². The lowest BCUT2D eigenvalue weighted by Crippen LogP contribution is -2.63. The first kappa shape index (κ1) is 72.2. The molecular weight excluding hydrogens is 1360 g/mol. The van der Waals surface area contributed by atoms with Crippen LogP contribution < -0.4 is 43.0 Å². The first-order chi connectivity index (χ1) is 47.7. The van der Waals surface area contributed by atoms with Crippen molar-refractivity contribution in [1.29, 1.82) is 0 Å². The van der Waals surface area contributed by atoms with E-state index in [0.29, 0.717) is 38.7 Å². The summed E-state index contributed by atoms with van der Waals surface area (Å²) in [5.74, 6) is -12.3. The van der Waals surface area contributed by atoms with Crippen LogP contribution in [0.25, 0.3) is 21.8 Å². The smallest absolute Gasteiger partial charge is 0.305 e. The molecule has 8 aromatic rings. The Morgan fingerprint density at radius 2 is 1.27 bits per heavy atom. The van der Waals surface area contributed by atoms with Crippen LogP contribution in [0.2, 0.25) is 0 Å². The number of phenolic OH excluding ortho intramolecular Hbond substituents is 1. The Labute approximate surface area is 578 Å². The van der Waals surface area contributed by atoms with Gasteiger partial charge < -0.3 is 73.0 Å². The van der Waals surface area contributed by atoms with Crippen LogP contribution in [0.15, 0.2) is 116 Å². The van der Waals surface area contributed by atoms with Crippen LogP contribution in [-0.4, -0.2) is 167 Å². The van der Waals surface area contributed by atoms with E-state index in [-0.39, 0.29) is 88.2 Å². The van der Waals surface area contributed by atoms with Crippen LogP contribution in [0.1, 0.15) is 93.8 Å². The number of carboxylic acid groups (broad SMARTS) is 1. The van der Waals surface area contributed by atoms with Crippen LogP contribution in [0.5, 0.6) is 5.75 Å². The summed E-state index contributed by atoms with van der Waals surface area (Å²) in [5, 5.41) is 39.7. The third kappa shape index (κ3) is 18.2. The fourth-order valence-electron chi connectivity index (χ4n) is 12.0. The molecule has 526 valence electrons. The van der Waals surface area contributed by atoms with Gasteiger partial charge in [0.25, 0.3) is 5.91 Å². The lowest BCUT2D eigenvalue weighted by atomic mass is 9.95. The minimum Gasteiger partial charge on any atom is -0.508 e. The molecule has 0 radical (unpaired) electrons. The van der Waals surface area contributed by atoms with Crippen molar-refractivity contribution < 1.29 is 75.4 Å². The number of halogens is 2. The molecule has 2 aliphatic heterocycles. The van der Waals surface area contributed by atoms with Gasteiger partial charge in [0.1, 0.15) is 69.1 Å². The summed E-state index contributed by atoms with van der Waals surface area (Å²) in [4.78, 5) is 162. The highest BCUT2D eigenvalue weighted by molar-refractivity contribution is 7.84. The standard InChI is InChI=1S/C67H72F2N14O14S3/c1-35-64-74-30-55(98-64)63(93)80-50(22-40-28-73-48-14-10-42(69)24-46(40)48)60(90)77-49(21-39-27-72-47-13-9-41(68)23-45(39)47)59(89)79-52(26-57(86)87)62(92)78-51(25-43-29-71-34-75-43)61(91)81-53(20-36-7-11-44(84)12-8-36)65(94)83-17-4-16-67(83,2)66(95)82-54(58(70)88)33-100(97)32-38-6-3-5-37(19-38)31-99(96)18-15-56(85)76-35/h3,5-14,19,23-24,27-30,34-35,49-54,72-73,84H,4,15-18,20-22,25-26,31-33H2,1-2H3,(H2,70,88)(H,71,75)(H,76,85)(H,77,90)(H,78,92)(H,79,89)(H,80,93)(H,81,91)(H,82,95)(H,86,87)/t35?,49-,50-,51-,52-,53-,54-,67-,99?,100?/m0/s1. The van der Waals surface area contributed by atoms with Crippen molar-refractivity contribution in [3.8, 4) is 5.75 Å². The molecule has 1 saturated heterocycles. The predicted octanol–water partition coefficient (Wildman–Crippen LogP) is 2.43. The molecule has 0 spiro atoms. The van der Waals surface area contributed by atoms with Crippen molar-refractivity contribution in [2.45, 2.75) is 125 Å². The number of aromatic nitrogens is 5. The molecule has 14 N–H and O–H groups in total. The number of aromatic amines is 3. The Kier molecular flexibility index (Phi) is 23.1. The highest BCUT2D eigenvalue weighted by Gasteiger charge is 2.49. The van der Waals surface area contributed by atoms with Crippen molar-refractivity contribution >= 4 is 114 Å². The van der Waals surface area contributed by atoms with Gasteiger partial charge in [-0.2, -0.15) is 0 Å². The molecule has 0 aliphatic carbocycles. The SMILES string of the molecule is CC1NC(=O)CCS(=O)Cc2cccc(c2)CS(=O)C[C@@H](C(N)=O)NC(=O)[C@]2(C)CCCN2C(=O)[C@H](Cc2ccc(O)cc2)NC(=O)[C@H](Cc2c[nH]cn2)NC(=O)[C@H](CC(=O)O)NC(=O)[C@H](Cc2c[nH]c3ccc(F)cc23)NC(=O)[C@H](Cc2c[nH]c3ccc(F)cc23)NC(=O)c2cnc1s2. The van der Waals surface area contributed by atoms with E-state index in [1.165, 1.54) is 104 Å². The van der Waals surface area contributed by atoms with Crippen molar-refractivity contribution in [3.05, 3.63) is 171 Å². The first-order valence-corrected chi connectivity index (χ1v) is 35.5. The molecule has 100 heavy (non-hydrogen) atoms. The summed E-state index contributed by atoms with van der Waals surface area (Å²) in [5.41, 5.74) is 7.21. The number of rotatable bonds is 11. The number of amides is 9. The number of phenols is 1. The number of aromatic hydroxyl groups is 1. The van der Waals surface area contributed by atoms with Gasteiger partial charge in [0.15, 0.2) is 0 Å². The number of carbonyl (C=O) groups is 10. The van der Waals surface area contributed by atoms with Crippen LogP contribution in [-0.2, 0) is 102 Å². The van der Waals surface area contributed by atoms with Gasteiger partial charge in [-0.15, -0.1) is 11.3 Å². The number of imidazole rings is 1. The molecule has 4 aromatic carbocycles. The molecule has 4 aromatic heterocycles. The number of carbonyl (C=O) groups excluding carboxylic acids is 9. The van der Waals surface area contributed by atoms with Crippen molar-refractivity contribution in [2.75, 3.05) is 18.1 Å². The number of primary amides is 1. The average Bonchev–Trinajstić information content (AvgIpc) is 1.62. The maximum absolute atomic E-state index is 15.2. The Bertz CT molecular complexity index is 4470. The molecule has 10 rings (SSSR count). The highest BCUT2D eigenvalue weighted by atomic mass is 32.2. The van der Waals surface area contributed by atoms with Crippen LogP contribution >= 0.6 is 11.3 Å². The third-order valence-electron chi connectivity index (χ3n) is 17.3. The van der Waals surface area contributed by atoms with Gasteiger partial charge in [-0.3, -0.25) is 56.4 Å². The largest absolute Gasteiger partial charge is 0.508 e. The number of benzene rings is 4. The highest BCUT2D eigenvalue weighted by Crippen LogP contribution is 2.32. The molecule has 1 fully saturated rings. The Morgan fingerprint density at radius 3 is 1.87 bits per heavy atom. The summed E-state index contributed by atoms with van der Waals surface area (Å²) in [6.07, 6.45) is 4.21. The number of H-pyrrole nitrogens is 3. The number of carboxylic acids is 1. The van der Waals surface area contributed by atoms with E-state index in [1.54, 1.807) is 31.2 Å². The van der Waals surface area contributed by atoms with Crippen molar-refractivity contribution in [3.63, 3.8) is 0 Å². The number of aliphatic carboxylic acids is 1. The minimum absolute atomic E-state index is 0.00631. The molecule has 10 atom stereocenters. The maximum Gasteiger partial charge on any atom is 0.305 e. The quantitative estimate of drug-likeness (QED) is 0.0884. The second-order valence-electron chi connectivity index (χ2n) is 24.7. The van der Waals surface area contributed by atoms with Crippen LogP contribution in [0.3, 0.4) is 0 Å². The monoisotopic (exact) mass is 1430 g/mol. The van der Waals surface area contributed by atoms with E-state index in [9.17, 15) is 56.2 Å². The van der Waals surface area contributed by atoms with Crippen molar-refractivity contribution in [1.82, 2.24) is 67.0 Å². The number of thiazole rings is 1. The summed E-state index contributed by atoms with van der Waals surface area (Å²) < 4.78 is 57.1. The zero-order chi connectivity index (χ0) is 71.5. The van der Waals surface area contributed by atoms with E-state index in [4.69, 9.17) is 5.73 Å². The second kappa shape index (κ2) is 32.0. The zero-order valence-corrected chi connectivity index (χ0v) is 56.3. The van der Waals surface area contributed by atoms with Crippen LogP contribution in [0, 0.1) is 11.6 Å². The fourth-order valence-corrected chi connectivity index (χ4v) is 15.2. The Balaban J connectivity index is 1.00.